The van der Waals surface area contributed by atoms with Gasteiger partial charge in [-0.15, -0.1) is 11.3 Å². The van der Waals surface area contributed by atoms with Crippen molar-refractivity contribution in [2.45, 2.75) is 6.92 Å². The van der Waals surface area contributed by atoms with Gasteiger partial charge in [0.05, 0.1) is 15.4 Å². The zero-order valence-electron chi connectivity index (χ0n) is 9.95. The molecule has 3 nitrogen and oxygen atoms in total. The minimum Gasteiger partial charge on any atom is -0.383 e. The summed E-state index contributed by atoms with van der Waals surface area (Å²) in [5, 5.41) is 4.05. The molecule has 2 N–H and O–H groups in total. The Morgan fingerprint density at radius 1 is 1.21 bits per heavy atom. The normalized spacial score (nSPS) is 11.1. The molecule has 0 aliphatic rings. The smallest absolute Gasteiger partial charge is 0.173 e. The lowest BCUT2D eigenvalue weighted by Crippen LogP contribution is -1.97. The lowest BCUT2D eigenvalue weighted by molar-refractivity contribution is 1.24. The Kier molecular flexibility index (Phi) is 3.09. The molecule has 0 radical (unpaired) electrons. The number of aromatic nitrogens is 2. The fourth-order valence-corrected chi connectivity index (χ4v) is 3.19. The molecule has 0 fully saturated rings. The maximum atomic E-state index is 6.24. The van der Waals surface area contributed by atoms with Gasteiger partial charge in [-0.05, 0) is 36.1 Å². The third kappa shape index (κ3) is 2.16. The van der Waals surface area contributed by atoms with Crippen LogP contribution in [0.2, 0.25) is 10.0 Å². The summed E-state index contributed by atoms with van der Waals surface area (Å²) < 4.78 is 0. The van der Waals surface area contributed by atoms with E-state index in [4.69, 9.17) is 28.9 Å². The minimum atomic E-state index is 0.429. The zero-order chi connectivity index (χ0) is 13.6. The molecule has 0 aliphatic heterocycles. The fourth-order valence-electron chi connectivity index (χ4n) is 1.81. The van der Waals surface area contributed by atoms with Crippen LogP contribution in [0.25, 0.3) is 21.6 Å². The van der Waals surface area contributed by atoms with Crippen LogP contribution in [0.1, 0.15) is 5.56 Å². The highest BCUT2D eigenvalue weighted by Gasteiger charge is 2.14. The highest BCUT2D eigenvalue weighted by molar-refractivity contribution is 7.14. The summed E-state index contributed by atoms with van der Waals surface area (Å²) in [7, 11) is 0. The Morgan fingerprint density at radius 2 is 2.00 bits per heavy atom. The number of rotatable bonds is 1. The van der Waals surface area contributed by atoms with Crippen LogP contribution < -0.4 is 5.73 Å². The fraction of sp³-hybridized carbons (Fsp3) is 0.0769. The number of benzene rings is 1. The van der Waals surface area contributed by atoms with Crippen LogP contribution in [0, 0.1) is 6.92 Å². The first-order chi connectivity index (χ1) is 9.06. The molecule has 3 rings (SSSR count). The molecule has 0 spiro atoms. The van der Waals surface area contributed by atoms with E-state index in [0.717, 1.165) is 21.3 Å². The molecule has 0 saturated carbocycles. The van der Waals surface area contributed by atoms with Crippen LogP contribution in [0.5, 0.6) is 0 Å². The van der Waals surface area contributed by atoms with Crippen LogP contribution in [-0.4, -0.2) is 9.97 Å². The molecule has 0 aliphatic carbocycles. The van der Waals surface area contributed by atoms with Crippen molar-refractivity contribution >= 4 is 51.3 Å². The molecule has 2 heterocycles. The predicted octanol–water partition coefficient (Wildman–Crippen LogP) is 4.56. The summed E-state index contributed by atoms with van der Waals surface area (Å²) in [6, 6.07) is 5.36. The molecule has 0 atom stereocenters. The van der Waals surface area contributed by atoms with Crippen molar-refractivity contribution in [1.82, 2.24) is 9.97 Å². The van der Waals surface area contributed by atoms with Crippen LogP contribution in [-0.2, 0) is 0 Å². The van der Waals surface area contributed by atoms with Gasteiger partial charge < -0.3 is 5.73 Å². The molecule has 1 aromatic carbocycles. The van der Waals surface area contributed by atoms with E-state index in [1.807, 2.05) is 18.4 Å². The molecule has 3 aromatic rings. The average molecular weight is 310 g/mol. The second-order valence-electron chi connectivity index (χ2n) is 4.16. The number of hydrogen-bond acceptors (Lipinski definition) is 4. The first-order valence-electron chi connectivity index (χ1n) is 5.53. The van der Waals surface area contributed by atoms with E-state index in [-0.39, 0.29) is 0 Å². The number of nitrogens with two attached hydrogens (primary N) is 1. The quantitative estimate of drug-likeness (QED) is 0.717. The van der Waals surface area contributed by atoms with Crippen LogP contribution in [0.15, 0.2) is 23.6 Å². The summed E-state index contributed by atoms with van der Waals surface area (Å²) in [4.78, 5) is 9.64. The molecule has 96 valence electrons. The van der Waals surface area contributed by atoms with Crippen molar-refractivity contribution in [2.24, 2.45) is 0 Å². The molecule has 0 amide bonds. The number of nitrogen functional groups attached to an aromatic ring is 1. The summed E-state index contributed by atoms with van der Waals surface area (Å²) >= 11 is 13.7. The van der Waals surface area contributed by atoms with Crippen LogP contribution >= 0.6 is 34.5 Å². The van der Waals surface area contributed by atoms with Crippen molar-refractivity contribution in [1.29, 1.82) is 0 Å². The second kappa shape index (κ2) is 4.63. The van der Waals surface area contributed by atoms with Crippen LogP contribution in [0.3, 0.4) is 0 Å². The van der Waals surface area contributed by atoms with E-state index in [2.05, 4.69) is 9.97 Å². The third-order valence-corrected chi connectivity index (χ3v) is 4.72. The Morgan fingerprint density at radius 3 is 2.68 bits per heavy atom. The van der Waals surface area contributed by atoms with E-state index < -0.39 is 0 Å². The van der Waals surface area contributed by atoms with Crippen molar-refractivity contribution in [3.8, 4) is 10.7 Å². The number of aryl methyl sites for hydroxylation is 1. The average Bonchev–Trinajstić information content (AvgIpc) is 2.69. The molecular formula is C13H9Cl2N3S. The van der Waals surface area contributed by atoms with Gasteiger partial charge in [0.25, 0.3) is 0 Å². The van der Waals surface area contributed by atoms with E-state index in [1.165, 1.54) is 11.3 Å². The lowest BCUT2D eigenvalue weighted by atomic mass is 10.2. The van der Waals surface area contributed by atoms with Gasteiger partial charge in [0.15, 0.2) is 5.82 Å². The number of fused-ring (bicyclic) bond motifs is 1. The first kappa shape index (κ1) is 12.7. The van der Waals surface area contributed by atoms with Gasteiger partial charge in [0, 0.05) is 10.4 Å². The predicted molar refractivity (Wildman–Crippen MR) is 82.0 cm³/mol. The topological polar surface area (TPSA) is 51.8 Å². The molecule has 0 saturated heterocycles. The van der Waals surface area contributed by atoms with Gasteiger partial charge in [-0.3, -0.25) is 0 Å². The molecule has 2 aromatic heterocycles. The van der Waals surface area contributed by atoms with Crippen molar-refractivity contribution in [2.75, 3.05) is 5.73 Å². The van der Waals surface area contributed by atoms with Gasteiger partial charge >= 0.3 is 0 Å². The maximum Gasteiger partial charge on any atom is 0.173 e. The third-order valence-electron chi connectivity index (χ3n) is 2.79. The summed E-state index contributed by atoms with van der Waals surface area (Å²) in [5.41, 5.74) is 7.70. The second-order valence-corrected chi connectivity index (χ2v) is 5.85. The number of thiophene rings is 1. The van der Waals surface area contributed by atoms with Crippen molar-refractivity contribution < 1.29 is 0 Å². The number of hydrogen-bond donors (Lipinski definition) is 1. The van der Waals surface area contributed by atoms with Gasteiger partial charge in [0.2, 0.25) is 0 Å². The van der Waals surface area contributed by atoms with Crippen molar-refractivity contribution in [3.63, 3.8) is 0 Å². The van der Waals surface area contributed by atoms with Crippen LogP contribution in [0.4, 0.5) is 5.82 Å². The lowest BCUT2D eigenvalue weighted by Gasteiger charge is -2.05. The molecule has 0 unspecified atom stereocenters. The Hall–Kier alpha value is -1.36. The maximum absolute atomic E-state index is 6.24. The highest BCUT2D eigenvalue weighted by Crippen LogP contribution is 2.36. The van der Waals surface area contributed by atoms with Crippen molar-refractivity contribution in [3.05, 3.63) is 39.2 Å². The van der Waals surface area contributed by atoms with Gasteiger partial charge in [-0.25, -0.2) is 9.97 Å². The van der Waals surface area contributed by atoms with E-state index in [0.29, 0.717) is 21.7 Å². The summed E-state index contributed by atoms with van der Waals surface area (Å²) in [6.07, 6.45) is 0. The largest absolute Gasteiger partial charge is 0.383 e. The first-order valence-corrected chi connectivity index (χ1v) is 7.16. The number of halogens is 2. The summed E-state index contributed by atoms with van der Waals surface area (Å²) in [6.45, 7) is 1.95. The van der Waals surface area contributed by atoms with Gasteiger partial charge in [0.1, 0.15) is 5.82 Å². The van der Waals surface area contributed by atoms with Gasteiger partial charge in [-0.2, -0.15) is 0 Å². The molecule has 0 bridgehead atoms. The standard InChI is InChI=1S/C13H9Cl2N3S/c1-6-5-19-11(10(6)15)13-17-9-4-7(14)2-3-8(9)12(16)18-13/h2-5H,1H3,(H2,16,17,18). The molecule has 19 heavy (non-hydrogen) atoms. The Labute approximate surface area is 124 Å². The number of anilines is 1. The Balaban J connectivity index is 2.28. The van der Waals surface area contributed by atoms with E-state index >= 15 is 0 Å². The summed E-state index contributed by atoms with van der Waals surface area (Å²) in [5.74, 6) is 0.967. The Bertz CT molecular complexity index is 783. The SMILES string of the molecule is Cc1csc(-c2nc(N)c3ccc(Cl)cc3n2)c1Cl. The van der Waals surface area contributed by atoms with Gasteiger partial charge in [-0.1, -0.05) is 23.2 Å². The number of nitrogens with zero attached hydrogens (tertiary/aromatic N) is 2. The minimum absolute atomic E-state index is 0.429. The molecular weight excluding hydrogens is 301 g/mol. The van der Waals surface area contributed by atoms with E-state index in [9.17, 15) is 0 Å². The molecule has 6 heteroatoms. The highest BCUT2D eigenvalue weighted by atomic mass is 35.5. The van der Waals surface area contributed by atoms with E-state index in [1.54, 1.807) is 12.1 Å². The monoisotopic (exact) mass is 309 g/mol. The zero-order valence-corrected chi connectivity index (χ0v) is 12.3.